The third-order valence-electron chi connectivity index (χ3n) is 3.51. The quantitative estimate of drug-likeness (QED) is 0.848. The van der Waals surface area contributed by atoms with E-state index in [9.17, 15) is 4.79 Å². The first-order valence-corrected chi connectivity index (χ1v) is 6.50. The number of nitrogens with zero attached hydrogens (tertiary/aromatic N) is 1. The van der Waals surface area contributed by atoms with Crippen LogP contribution in [0.15, 0.2) is 54.6 Å². The van der Waals surface area contributed by atoms with Crippen LogP contribution in [-0.4, -0.2) is 11.9 Å². The number of anilines is 2. The Labute approximate surface area is 112 Å². The van der Waals surface area contributed by atoms with Gasteiger partial charge in [-0.3, -0.25) is 9.69 Å². The Kier molecular flexibility index (Phi) is 3.05. The van der Waals surface area contributed by atoms with E-state index in [1.165, 1.54) is 5.56 Å². The summed E-state index contributed by atoms with van der Waals surface area (Å²) >= 11 is 0. The summed E-state index contributed by atoms with van der Waals surface area (Å²) in [5.74, 6) is -0.0313. The molecule has 96 valence electrons. The molecule has 0 spiro atoms. The van der Waals surface area contributed by atoms with Gasteiger partial charge in [-0.2, -0.15) is 0 Å². The van der Waals surface area contributed by atoms with Gasteiger partial charge in [0.25, 0.3) is 0 Å². The van der Waals surface area contributed by atoms with Crippen molar-refractivity contribution in [3.63, 3.8) is 0 Å². The minimum Gasteiger partial charge on any atom is -0.320 e. The number of carbonyl (C=O) groups excluding carboxylic acids is 1. The van der Waals surface area contributed by atoms with E-state index in [-0.39, 0.29) is 5.91 Å². The largest absolute Gasteiger partial charge is 0.320 e. The van der Waals surface area contributed by atoms with Gasteiger partial charge in [0.1, 0.15) is 0 Å². The molecule has 0 saturated heterocycles. The molecule has 3 rings (SSSR count). The molecule has 0 fully saturated rings. The fourth-order valence-corrected chi connectivity index (χ4v) is 2.50. The summed E-state index contributed by atoms with van der Waals surface area (Å²) < 4.78 is 0. The molecule has 0 saturated carbocycles. The maximum Gasteiger partial charge on any atom is 0.248 e. The first kappa shape index (κ1) is 11.9. The van der Waals surface area contributed by atoms with E-state index in [4.69, 9.17) is 5.73 Å². The van der Waals surface area contributed by atoms with Crippen LogP contribution in [-0.2, 0) is 11.2 Å². The molecule has 2 N–H and O–H groups in total. The lowest BCUT2D eigenvalue weighted by Crippen LogP contribution is -2.40. The van der Waals surface area contributed by atoms with Crippen molar-refractivity contribution >= 4 is 17.3 Å². The lowest BCUT2D eigenvalue weighted by molar-refractivity contribution is -0.119. The van der Waals surface area contributed by atoms with Crippen molar-refractivity contribution in [3.05, 3.63) is 60.2 Å². The number of hydrogen-bond acceptors (Lipinski definition) is 2. The number of benzene rings is 2. The molecule has 0 bridgehead atoms. The summed E-state index contributed by atoms with van der Waals surface area (Å²) in [6.07, 6.45) is 1.53. The van der Waals surface area contributed by atoms with Crippen molar-refractivity contribution < 1.29 is 4.79 Å². The van der Waals surface area contributed by atoms with E-state index in [2.05, 4.69) is 6.07 Å². The summed E-state index contributed by atoms with van der Waals surface area (Å²) in [5.41, 5.74) is 8.99. The molecule has 0 aliphatic carbocycles. The number of aryl methyl sites for hydroxylation is 1. The molecule has 1 aliphatic rings. The van der Waals surface area contributed by atoms with Crippen molar-refractivity contribution in [2.75, 3.05) is 4.90 Å². The van der Waals surface area contributed by atoms with Gasteiger partial charge in [-0.05, 0) is 36.6 Å². The van der Waals surface area contributed by atoms with E-state index in [1.54, 1.807) is 4.90 Å². The van der Waals surface area contributed by atoms with E-state index in [1.807, 2.05) is 48.5 Å². The van der Waals surface area contributed by atoms with Crippen LogP contribution in [0, 0.1) is 0 Å². The second-order valence-corrected chi connectivity index (χ2v) is 4.78. The molecule has 2 aromatic carbocycles. The van der Waals surface area contributed by atoms with Crippen LogP contribution >= 0.6 is 0 Å². The Morgan fingerprint density at radius 2 is 1.68 bits per heavy atom. The molecule has 3 heteroatoms. The summed E-state index contributed by atoms with van der Waals surface area (Å²) in [6, 6.07) is 17.3. The molecule has 1 heterocycles. The molecule has 0 aromatic heterocycles. The smallest absolute Gasteiger partial charge is 0.248 e. The summed E-state index contributed by atoms with van der Waals surface area (Å²) in [4.78, 5) is 14.3. The molecule has 1 amide bonds. The maximum atomic E-state index is 12.5. The van der Waals surface area contributed by atoms with Crippen molar-refractivity contribution in [2.45, 2.75) is 18.9 Å². The first-order chi connectivity index (χ1) is 9.27. The second kappa shape index (κ2) is 4.86. The highest BCUT2D eigenvalue weighted by molar-refractivity contribution is 6.04. The summed E-state index contributed by atoms with van der Waals surface area (Å²) in [5, 5.41) is 0. The monoisotopic (exact) mass is 252 g/mol. The Hall–Kier alpha value is -2.13. The minimum absolute atomic E-state index is 0.0313. The number of para-hydroxylation sites is 2. The third kappa shape index (κ3) is 2.13. The van der Waals surface area contributed by atoms with Crippen LogP contribution in [0.25, 0.3) is 0 Å². The summed E-state index contributed by atoms with van der Waals surface area (Å²) in [6.45, 7) is 0. The standard InChI is InChI=1S/C16H16N2O/c17-14-11-10-12-6-4-5-9-15(12)18(16(14)19)13-7-2-1-3-8-13/h1-9,14H,10-11,17H2. The lowest BCUT2D eigenvalue weighted by Gasteiger charge is -2.24. The van der Waals surface area contributed by atoms with Crippen molar-refractivity contribution in [2.24, 2.45) is 5.73 Å². The Bertz CT molecular complexity index is 595. The van der Waals surface area contributed by atoms with Crippen LogP contribution in [0.3, 0.4) is 0 Å². The molecule has 1 atom stereocenters. The van der Waals surface area contributed by atoms with E-state index < -0.39 is 6.04 Å². The molecule has 19 heavy (non-hydrogen) atoms. The van der Waals surface area contributed by atoms with Gasteiger partial charge in [0.05, 0.1) is 11.7 Å². The fourth-order valence-electron chi connectivity index (χ4n) is 2.50. The molecular weight excluding hydrogens is 236 g/mol. The average molecular weight is 252 g/mol. The van der Waals surface area contributed by atoms with Crippen LogP contribution in [0.5, 0.6) is 0 Å². The van der Waals surface area contributed by atoms with Gasteiger partial charge in [-0.25, -0.2) is 0 Å². The number of hydrogen-bond donors (Lipinski definition) is 1. The number of rotatable bonds is 1. The molecular formula is C16H16N2O. The third-order valence-corrected chi connectivity index (χ3v) is 3.51. The Morgan fingerprint density at radius 1 is 1.00 bits per heavy atom. The van der Waals surface area contributed by atoms with Gasteiger partial charge in [0, 0.05) is 5.69 Å². The Balaban J connectivity index is 2.16. The number of nitrogens with two attached hydrogens (primary N) is 1. The predicted molar refractivity (Wildman–Crippen MR) is 76.3 cm³/mol. The Morgan fingerprint density at radius 3 is 2.47 bits per heavy atom. The van der Waals surface area contributed by atoms with Gasteiger partial charge >= 0.3 is 0 Å². The van der Waals surface area contributed by atoms with Crippen molar-refractivity contribution in [1.82, 2.24) is 0 Å². The SMILES string of the molecule is NC1CCc2ccccc2N(c2ccccc2)C1=O. The van der Waals surface area contributed by atoms with Gasteiger partial charge in [-0.15, -0.1) is 0 Å². The van der Waals surface area contributed by atoms with Crippen molar-refractivity contribution in [3.8, 4) is 0 Å². The fraction of sp³-hybridized carbons (Fsp3) is 0.188. The second-order valence-electron chi connectivity index (χ2n) is 4.78. The average Bonchev–Trinajstić information content (AvgIpc) is 2.58. The molecule has 2 aromatic rings. The van der Waals surface area contributed by atoms with Crippen LogP contribution in [0.4, 0.5) is 11.4 Å². The van der Waals surface area contributed by atoms with E-state index in [0.717, 1.165) is 17.8 Å². The number of fused-ring (bicyclic) bond motifs is 1. The van der Waals surface area contributed by atoms with Gasteiger partial charge in [-0.1, -0.05) is 36.4 Å². The highest BCUT2D eigenvalue weighted by atomic mass is 16.2. The predicted octanol–water partition coefficient (Wildman–Crippen LogP) is 2.62. The maximum absolute atomic E-state index is 12.5. The lowest BCUT2D eigenvalue weighted by atomic mass is 10.1. The molecule has 0 radical (unpaired) electrons. The van der Waals surface area contributed by atoms with Crippen LogP contribution in [0.2, 0.25) is 0 Å². The number of amides is 1. The zero-order valence-corrected chi connectivity index (χ0v) is 10.6. The van der Waals surface area contributed by atoms with Gasteiger partial charge in [0.2, 0.25) is 5.91 Å². The van der Waals surface area contributed by atoms with E-state index >= 15 is 0 Å². The summed E-state index contributed by atoms with van der Waals surface area (Å²) in [7, 11) is 0. The highest BCUT2D eigenvalue weighted by Crippen LogP contribution is 2.32. The molecule has 3 nitrogen and oxygen atoms in total. The zero-order chi connectivity index (χ0) is 13.2. The van der Waals surface area contributed by atoms with Crippen LogP contribution < -0.4 is 10.6 Å². The minimum atomic E-state index is -0.437. The zero-order valence-electron chi connectivity index (χ0n) is 10.6. The molecule has 1 unspecified atom stereocenters. The van der Waals surface area contributed by atoms with Gasteiger partial charge < -0.3 is 5.73 Å². The first-order valence-electron chi connectivity index (χ1n) is 6.50. The number of carbonyl (C=O) groups is 1. The van der Waals surface area contributed by atoms with Gasteiger partial charge in [0.15, 0.2) is 0 Å². The topological polar surface area (TPSA) is 46.3 Å². The molecule has 1 aliphatic heterocycles. The normalized spacial score (nSPS) is 18.9. The van der Waals surface area contributed by atoms with E-state index in [0.29, 0.717) is 6.42 Å². The van der Waals surface area contributed by atoms with Crippen LogP contribution in [0.1, 0.15) is 12.0 Å². The highest BCUT2D eigenvalue weighted by Gasteiger charge is 2.28. The van der Waals surface area contributed by atoms with Crippen molar-refractivity contribution in [1.29, 1.82) is 0 Å².